The van der Waals surface area contributed by atoms with Crippen LogP contribution < -0.4 is 16.2 Å². The van der Waals surface area contributed by atoms with Gasteiger partial charge >= 0.3 is 6.55 Å². The van der Waals surface area contributed by atoms with E-state index in [1.54, 1.807) is 6.07 Å². The van der Waals surface area contributed by atoms with Crippen LogP contribution in [0.25, 0.3) is 33.4 Å². The molecule has 298 valence electrons. The van der Waals surface area contributed by atoms with Gasteiger partial charge in [0.05, 0.1) is 16.9 Å². The van der Waals surface area contributed by atoms with Crippen LogP contribution in [-0.2, 0) is 9.59 Å². The maximum atomic E-state index is 12.9. The molecule has 0 atom stereocenters. The average Bonchev–Trinajstić information content (AvgIpc) is 4.03. The van der Waals surface area contributed by atoms with Crippen LogP contribution in [0.2, 0.25) is 0 Å². The summed E-state index contributed by atoms with van der Waals surface area (Å²) >= 11 is 0. The number of anilines is 2. The first kappa shape index (κ1) is 40.4. The second-order valence-electron chi connectivity index (χ2n) is 16.0. The van der Waals surface area contributed by atoms with Gasteiger partial charge < -0.3 is 20.4 Å². The van der Waals surface area contributed by atoms with Crippen molar-refractivity contribution in [2.24, 2.45) is 10.8 Å². The van der Waals surface area contributed by atoms with Gasteiger partial charge in [-0.3, -0.25) is 34.1 Å². The molecule has 0 saturated carbocycles. The molecule has 15 heteroatoms. The molecule has 0 radical (unpaired) electrons. The molecule has 56 heavy (non-hydrogen) atoms. The number of hydrogen-bond donors (Lipinski definition) is 4. The van der Waals surface area contributed by atoms with Crippen molar-refractivity contribution in [1.82, 2.24) is 39.7 Å². The smallest absolute Gasteiger partial charge is 0.309 e. The zero-order valence-corrected chi connectivity index (χ0v) is 32.6. The van der Waals surface area contributed by atoms with Crippen LogP contribution in [-0.4, -0.2) is 90.8 Å². The number of H-pyrrole nitrogens is 2. The van der Waals surface area contributed by atoms with E-state index in [9.17, 15) is 23.2 Å². The number of likely N-dealkylation sites (tertiary alicyclic amines) is 2. The summed E-state index contributed by atoms with van der Waals surface area (Å²) in [5.74, 6) is 0.704. The van der Waals surface area contributed by atoms with Crippen LogP contribution in [0.4, 0.5) is 20.4 Å². The van der Waals surface area contributed by atoms with Crippen molar-refractivity contribution in [3.05, 3.63) is 77.3 Å². The molecule has 2 saturated heterocycles. The van der Waals surface area contributed by atoms with Gasteiger partial charge in [0.15, 0.2) is 11.6 Å². The molecule has 1 aromatic carbocycles. The quantitative estimate of drug-likeness (QED) is 0.0983. The lowest BCUT2D eigenvalue weighted by molar-refractivity contribution is -0.125. The van der Waals surface area contributed by atoms with E-state index in [4.69, 9.17) is 0 Å². The summed E-state index contributed by atoms with van der Waals surface area (Å²) in [4.78, 5) is 46.2. The van der Waals surface area contributed by atoms with E-state index in [1.165, 1.54) is 31.7 Å². The molecule has 4 aromatic heterocycles. The Kier molecular flexibility index (Phi) is 12.7. The minimum Gasteiger partial charge on any atom is -0.309 e. The number of nitrogens with one attached hydrogen (secondary N) is 4. The van der Waals surface area contributed by atoms with Gasteiger partial charge in [-0.1, -0.05) is 45.9 Å². The van der Waals surface area contributed by atoms with Crippen molar-refractivity contribution in [2.75, 3.05) is 49.9 Å². The van der Waals surface area contributed by atoms with Crippen LogP contribution in [0.1, 0.15) is 72.8 Å². The first-order valence-electron chi connectivity index (χ1n) is 19.3. The highest BCUT2D eigenvalue weighted by atomic mass is 19.3. The second-order valence-corrected chi connectivity index (χ2v) is 16.0. The molecule has 0 aliphatic carbocycles. The number of pyridine rings is 2. The topological polar surface area (TPSA) is 157 Å². The van der Waals surface area contributed by atoms with Gasteiger partial charge in [0, 0.05) is 57.9 Å². The molecule has 4 N–H and O–H groups in total. The zero-order chi connectivity index (χ0) is 39.9. The molecule has 13 nitrogen and oxygen atoms in total. The Morgan fingerprint density at radius 3 is 1.80 bits per heavy atom. The monoisotopic (exact) mass is 770 g/mol. The molecule has 0 spiro atoms. The number of carbonyl (C=O) groups is 2. The molecular formula is C41H52F2N10O3. The van der Waals surface area contributed by atoms with Crippen molar-refractivity contribution in [2.45, 2.75) is 72.8 Å². The minimum absolute atomic E-state index is 0.00128. The van der Waals surface area contributed by atoms with Gasteiger partial charge in [0.2, 0.25) is 11.8 Å². The maximum Gasteiger partial charge on any atom is 0.321 e. The van der Waals surface area contributed by atoms with E-state index < -0.39 is 22.9 Å². The number of alkyl halides is 2. The lowest BCUT2D eigenvalue weighted by Gasteiger charge is -2.25. The predicted molar refractivity (Wildman–Crippen MR) is 214 cm³/mol. The van der Waals surface area contributed by atoms with Crippen molar-refractivity contribution in [3.63, 3.8) is 0 Å². The van der Waals surface area contributed by atoms with Crippen LogP contribution in [0.15, 0.2) is 71.8 Å². The third kappa shape index (κ3) is 10.3. The first-order chi connectivity index (χ1) is 26.8. The molecular weight excluding hydrogens is 719 g/mol. The third-order valence-electron chi connectivity index (χ3n) is 10.7. The van der Waals surface area contributed by atoms with E-state index in [2.05, 4.69) is 51.9 Å². The SMILES string of the molecule is CC(C)(CCN1CCCC1)C(=O)Nc1cc(-c2ccc(=O)n(C(F)F)c2)[nH]n1.CC(C)(CCN1CCCC1)C(=O)Nc1cc(-c2cnc3ccccc3c2)[nH]n1. The number of halogens is 2. The molecule has 5 aromatic rings. The number of amides is 2. The van der Waals surface area contributed by atoms with E-state index in [1.807, 2.05) is 64.2 Å². The molecule has 2 fully saturated rings. The van der Waals surface area contributed by atoms with E-state index in [0.717, 1.165) is 86.5 Å². The van der Waals surface area contributed by atoms with E-state index in [0.29, 0.717) is 27.5 Å². The maximum absolute atomic E-state index is 12.9. The standard InChI is InChI=1S/C22H27N5O.C19H25F2N5O2/c1-22(2,9-12-27-10-5-6-11-27)21(28)24-20-14-19(25-26-20)17-13-16-7-3-4-8-18(16)23-15-17;1-19(2,7-10-25-8-3-4-9-25)17(28)22-15-11-14(23-24-15)13-5-6-16(27)26(12-13)18(20)21/h3-4,7-8,13-15H,5-6,9-12H2,1-2H3,(H2,24,25,26,28);5-6,11-12,18H,3-4,7-10H2,1-2H3,(H2,22,23,24,28). The predicted octanol–water partition coefficient (Wildman–Crippen LogP) is 7.16. The number of carbonyl (C=O) groups excluding carboxylic acids is 2. The van der Waals surface area contributed by atoms with Gasteiger partial charge in [-0.15, -0.1) is 0 Å². The molecule has 0 bridgehead atoms. The van der Waals surface area contributed by atoms with Crippen LogP contribution in [0.3, 0.4) is 0 Å². The zero-order valence-electron chi connectivity index (χ0n) is 32.6. The largest absolute Gasteiger partial charge is 0.321 e. The highest BCUT2D eigenvalue weighted by Crippen LogP contribution is 2.28. The summed E-state index contributed by atoms with van der Waals surface area (Å²) < 4.78 is 26.1. The number of rotatable bonds is 13. The summed E-state index contributed by atoms with van der Waals surface area (Å²) in [5.41, 5.74) is 1.76. The highest BCUT2D eigenvalue weighted by Gasteiger charge is 2.30. The summed E-state index contributed by atoms with van der Waals surface area (Å²) in [6.45, 7) is 11.2. The number of aromatic nitrogens is 6. The van der Waals surface area contributed by atoms with E-state index in [-0.39, 0.29) is 11.8 Å². The fraction of sp³-hybridized carbons (Fsp3) is 0.463. The number of para-hydroxylation sites is 1. The van der Waals surface area contributed by atoms with Gasteiger partial charge in [-0.2, -0.15) is 19.0 Å². The molecule has 2 amide bonds. The Morgan fingerprint density at radius 1 is 0.750 bits per heavy atom. The normalized spacial score (nSPS) is 15.3. The molecule has 6 heterocycles. The molecule has 2 aliphatic heterocycles. The van der Waals surface area contributed by atoms with Crippen molar-refractivity contribution >= 4 is 34.4 Å². The summed E-state index contributed by atoms with van der Waals surface area (Å²) in [5, 5.41) is 20.8. The number of hydrogen-bond acceptors (Lipinski definition) is 8. The fourth-order valence-corrected chi connectivity index (χ4v) is 6.79. The molecule has 2 aliphatic rings. The highest BCUT2D eigenvalue weighted by molar-refractivity contribution is 5.95. The summed E-state index contributed by atoms with van der Waals surface area (Å²) in [7, 11) is 0. The molecule has 0 unspecified atom stereocenters. The van der Waals surface area contributed by atoms with Crippen molar-refractivity contribution in [1.29, 1.82) is 0 Å². The van der Waals surface area contributed by atoms with Crippen molar-refractivity contribution < 1.29 is 18.4 Å². The fourth-order valence-electron chi connectivity index (χ4n) is 6.79. The summed E-state index contributed by atoms with van der Waals surface area (Å²) in [6.07, 6.45) is 9.41. The molecule has 7 rings (SSSR count). The number of benzene rings is 1. The Bertz CT molecular complexity index is 2160. The van der Waals surface area contributed by atoms with Gasteiger partial charge in [-0.25, -0.2) is 0 Å². The Morgan fingerprint density at radius 2 is 1.27 bits per heavy atom. The van der Waals surface area contributed by atoms with Gasteiger partial charge in [0.25, 0.3) is 5.56 Å². The van der Waals surface area contributed by atoms with Crippen molar-refractivity contribution in [3.8, 4) is 22.5 Å². The van der Waals surface area contributed by atoms with Gasteiger partial charge in [-0.05, 0) is 96.0 Å². The number of aromatic amines is 2. The first-order valence-corrected chi connectivity index (χ1v) is 19.3. The second kappa shape index (κ2) is 17.7. The lowest BCUT2D eigenvalue weighted by atomic mass is 9.88. The average molecular weight is 771 g/mol. The Balaban J connectivity index is 0.000000190. The summed E-state index contributed by atoms with van der Waals surface area (Å²) in [6, 6.07) is 16.0. The number of nitrogens with zero attached hydrogens (tertiary/aromatic N) is 6. The van der Waals surface area contributed by atoms with Crippen LogP contribution in [0, 0.1) is 10.8 Å². The Hall–Kier alpha value is -5.28. The third-order valence-corrected chi connectivity index (χ3v) is 10.7. The van der Waals surface area contributed by atoms with E-state index >= 15 is 0 Å². The number of fused-ring (bicyclic) bond motifs is 1. The van der Waals surface area contributed by atoms with Gasteiger partial charge in [0.1, 0.15) is 0 Å². The van der Waals surface area contributed by atoms with Crippen LogP contribution >= 0.6 is 0 Å². The lowest BCUT2D eigenvalue weighted by Crippen LogP contribution is -2.34. The Labute approximate surface area is 325 Å². The minimum atomic E-state index is -2.93. The van der Waals surface area contributed by atoms with Crippen LogP contribution in [0.5, 0.6) is 0 Å².